The maximum Gasteiger partial charge on any atom is 0.196 e. The monoisotopic (exact) mass is 364 g/mol. The molecule has 5 nitrogen and oxygen atoms in total. The molecule has 2 aromatic rings. The van der Waals surface area contributed by atoms with E-state index in [-0.39, 0.29) is 0 Å². The summed E-state index contributed by atoms with van der Waals surface area (Å²) in [5, 5.41) is 20.2. The van der Waals surface area contributed by atoms with E-state index in [2.05, 4.69) is 10.2 Å². The molecular weight excluding hydrogens is 346 g/mol. The van der Waals surface area contributed by atoms with Gasteiger partial charge in [-0.15, -0.1) is 10.2 Å². The largest absolute Gasteiger partial charge is 0.549 e. The zero-order valence-electron chi connectivity index (χ0n) is 13.4. The van der Waals surface area contributed by atoms with Gasteiger partial charge in [-0.1, -0.05) is 48.7 Å². The van der Waals surface area contributed by atoms with Crippen molar-refractivity contribution in [1.82, 2.24) is 14.8 Å². The molecule has 0 amide bonds. The molecule has 1 aliphatic carbocycles. The van der Waals surface area contributed by atoms with Crippen LogP contribution in [-0.2, 0) is 4.79 Å². The van der Waals surface area contributed by atoms with Gasteiger partial charge in [0, 0.05) is 16.2 Å². The van der Waals surface area contributed by atoms with Crippen molar-refractivity contribution in [3.05, 3.63) is 35.1 Å². The van der Waals surface area contributed by atoms with Crippen LogP contribution in [0, 0.1) is 0 Å². The van der Waals surface area contributed by atoms with E-state index >= 15 is 0 Å². The Kier molecular flexibility index (Phi) is 5.46. The average Bonchev–Trinajstić information content (AvgIpc) is 2.99. The van der Waals surface area contributed by atoms with E-state index in [1.807, 2.05) is 28.8 Å². The van der Waals surface area contributed by atoms with Crippen LogP contribution in [-0.4, -0.2) is 26.0 Å². The second-order valence-electron chi connectivity index (χ2n) is 6.07. The summed E-state index contributed by atoms with van der Waals surface area (Å²) >= 11 is 7.29. The molecule has 1 fully saturated rings. The van der Waals surface area contributed by atoms with Gasteiger partial charge in [-0.2, -0.15) is 0 Å². The number of thioether (sulfide) groups is 1. The predicted octanol–water partition coefficient (Wildman–Crippen LogP) is 3.20. The number of halogens is 1. The molecule has 0 N–H and O–H groups in total. The first-order valence-electron chi connectivity index (χ1n) is 8.15. The van der Waals surface area contributed by atoms with E-state index < -0.39 is 11.2 Å². The first-order chi connectivity index (χ1) is 11.6. The quantitative estimate of drug-likeness (QED) is 0.762. The molecule has 0 spiro atoms. The first kappa shape index (κ1) is 17.3. The van der Waals surface area contributed by atoms with Crippen LogP contribution in [0.1, 0.15) is 50.8 Å². The average molecular weight is 365 g/mol. The minimum atomic E-state index is -1.11. The third kappa shape index (κ3) is 3.75. The normalized spacial score (nSPS) is 16.9. The number of hydrogen-bond donors (Lipinski definition) is 0. The molecule has 1 aromatic heterocycles. The number of carbonyl (C=O) groups excluding carboxylic acids is 1. The van der Waals surface area contributed by atoms with E-state index in [0.29, 0.717) is 16.1 Å². The van der Waals surface area contributed by atoms with Crippen LogP contribution < -0.4 is 5.11 Å². The Labute approximate surface area is 150 Å². The van der Waals surface area contributed by atoms with E-state index in [1.165, 1.54) is 19.3 Å². The fraction of sp³-hybridized carbons (Fsp3) is 0.471. The number of benzene rings is 1. The van der Waals surface area contributed by atoms with Crippen molar-refractivity contribution < 1.29 is 9.90 Å². The lowest BCUT2D eigenvalue weighted by atomic mass is 9.88. The smallest absolute Gasteiger partial charge is 0.196 e. The van der Waals surface area contributed by atoms with Gasteiger partial charge in [0.2, 0.25) is 0 Å². The molecular formula is C17H19ClN3O2S-. The Hall–Kier alpha value is -1.53. The molecule has 0 radical (unpaired) electrons. The fourth-order valence-corrected chi connectivity index (χ4v) is 4.04. The number of nitrogens with zero attached hydrogens (tertiary/aromatic N) is 3. The molecule has 1 saturated carbocycles. The number of rotatable bonds is 5. The van der Waals surface area contributed by atoms with Crippen LogP contribution in [0.5, 0.6) is 0 Å². The second kappa shape index (κ2) is 7.57. The lowest BCUT2D eigenvalue weighted by molar-refractivity contribution is -0.304. The Morgan fingerprint density at radius 2 is 2.08 bits per heavy atom. The maximum absolute atomic E-state index is 11.1. The van der Waals surface area contributed by atoms with Gasteiger partial charge in [0.1, 0.15) is 5.82 Å². The molecule has 1 aliphatic rings. The Morgan fingerprint density at radius 3 is 2.75 bits per heavy atom. The summed E-state index contributed by atoms with van der Waals surface area (Å²) in [5.41, 5.74) is 0.862. The molecule has 0 aliphatic heterocycles. The molecule has 1 aromatic carbocycles. The number of carboxylic acid groups (broad SMARTS) is 1. The molecule has 0 bridgehead atoms. The summed E-state index contributed by atoms with van der Waals surface area (Å²) in [5.74, 6) is 0.128. The summed E-state index contributed by atoms with van der Waals surface area (Å²) in [6.45, 7) is 1.59. The molecule has 3 rings (SSSR count). The number of aliphatic carboxylic acids is 1. The third-order valence-electron chi connectivity index (χ3n) is 4.31. The van der Waals surface area contributed by atoms with Gasteiger partial charge in [-0.25, -0.2) is 0 Å². The molecule has 1 heterocycles. The lowest BCUT2D eigenvalue weighted by Gasteiger charge is -2.22. The predicted molar refractivity (Wildman–Crippen MR) is 92.5 cm³/mol. The molecule has 24 heavy (non-hydrogen) atoms. The summed E-state index contributed by atoms with van der Waals surface area (Å²) in [6.07, 6.45) is 5.79. The SMILES string of the molecule is C[C@@H](Sc1nnc(C2CCCCC2)n1-c1cccc(Cl)c1)C(=O)[O-]. The van der Waals surface area contributed by atoms with Crippen molar-refractivity contribution >= 4 is 29.3 Å². The van der Waals surface area contributed by atoms with Crippen LogP contribution in [0.25, 0.3) is 5.69 Å². The number of hydrogen-bond acceptors (Lipinski definition) is 5. The highest BCUT2D eigenvalue weighted by Crippen LogP contribution is 2.35. The molecule has 0 saturated heterocycles. The topological polar surface area (TPSA) is 70.8 Å². The van der Waals surface area contributed by atoms with Gasteiger partial charge in [-0.3, -0.25) is 4.57 Å². The van der Waals surface area contributed by atoms with Gasteiger partial charge in [0.05, 0.1) is 11.7 Å². The van der Waals surface area contributed by atoms with Crippen LogP contribution in [0.2, 0.25) is 5.02 Å². The zero-order chi connectivity index (χ0) is 17.1. The van der Waals surface area contributed by atoms with Crippen LogP contribution in [0.4, 0.5) is 0 Å². The second-order valence-corrected chi connectivity index (χ2v) is 7.81. The van der Waals surface area contributed by atoms with Crippen molar-refractivity contribution in [2.75, 3.05) is 0 Å². The summed E-state index contributed by atoms with van der Waals surface area (Å²) in [4.78, 5) is 11.1. The van der Waals surface area contributed by atoms with Crippen LogP contribution >= 0.6 is 23.4 Å². The van der Waals surface area contributed by atoms with Gasteiger partial charge in [0.15, 0.2) is 5.16 Å². The highest BCUT2D eigenvalue weighted by Gasteiger charge is 2.25. The third-order valence-corrected chi connectivity index (χ3v) is 5.57. The van der Waals surface area contributed by atoms with E-state index in [9.17, 15) is 9.90 Å². The first-order valence-corrected chi connectivity index (χ1v) is 9.41. The van der Waals surface area contributed by atoms with Gasteiger partial charge in [-0.05, 0) is 38.0 Å². The van der Waals surface area contributed by atoms with E-state index in [0.717, 1.165) is 36.1 Å². The van der Waals surface area contributed by atoms with E-state index in [1.54, 1.807) is 6.92 Å². The molecule has 0 unspecified atom stereocenters. The van der Waals surface area contributed by atoms with Crippen LogP contribution in [0.3, 0.4) is 0 Å². The Bertz CT molecular complexity index is 728. The van der Waals surface area contributed by atoms with Crippen molar-refractivity contribution in [1.29, 1.82) is 0 Å². The standard InChI is InChI=1S/C17H20ClN3O2S/c1-11(16(22)23)24-17-20-19-15(12-6-3-2-4-7-12)21(17)14-9-5-8-13(18)10-14/h5,8-12H,2-4,6-7H2,1H3,(H,22,23)/p-1/t11-/m1/s1. The van der Waals surface area contributed by atoms with Crippen molar-refractivity contribution in [2.45, 2.75) is 55.4 Å². The van der Waals surface area contributed by atoms with Crippen molar-refractivity contribution in [3.8, 4) is 5.69 Å². The number of aromatic nitrogens is 3. The minimum Gasteiger partial charge on any atom is -0.549 e. The molecule has 1 atom stereocenters. The maximum atomic E-state index is 11.1. The minimum absolute atomic E-state index is 0.345. The lowest BCUT2D eigenvalue weighted by Crippen LogP contribution is -2.31. The van der Waals surface area contributed by atoms with Crippen molar-refractivity contribution in [2.24, 2.45) is 0 Å². The highest BCUT2D eigenvalue weighted by atomic mass is 35.5. The van der Waals surface area contributed by atoms with Crippen LogP contribution in [0.15, 0.2) is 29.4 Å². The fourth-order valence-electron chi connectivity index (χ4n) is 3.05. The summed E-state index contributed by atoms with van der Waals surface area (Å²) < 4.78 is 1.95. The van der Waals surface area contributed by atoms with Gasteiger partial charge in [0.25, 0.3) is 0 Å². The Morgan fingerprint density at radius 1 is 1.33 bits per heavy atom. The Balaban J connectivity index is 2.02. The van der Waals surface area contributed by atoms with Crippen molar-refractivity contribution in [3.63, 3.8) is 0 Å². The zero-order valence-corrected chi connectivity index (χ0v) is 15.0. The summed E-state index contributed by atoms with van der Waals surface area (Å²) in [6, 6.07) is 7.48. The molecule has 7 heteroatoms. The number of carbonyl (C=O) groups is 1. The summed E-state index contributed by atoms with van der Waals surface area (Å²) in [7, 11) is 0. The highest BCUT2D eigenvalue weighted by molar-refractivity contribution is 8.00. The number of carboxylic acids is 1. The molecule has 128 valence electrons. The van der Waals surface area contributed by atoms with Gasteiger partial charge < -0.3 is 9.90 Å². The van der Waals surface area contributed by atoms with E-state index in [4.69, 9.17) is 11.6 Å². The van der Waals surface area contributed by atoms with Gasteiger partial charge >= 0.3 is 0 Å².